The zero-order valence-corrected chi connectivity index (χ0v) is 13.1. The zero-order valence-electron chi connectivity index (χ0n) is 13.1. The van der Waals surface area contributed by atoms with E-state index in [1.165, 1.54) is 0 Å². The number of carbonyl (C=O) groups excluding carboxylic acids is 1. The van der Waals surface area contributed by atoms with Crippen LogP contribution in [-0.2, 0) is 16.6 Å². The third kappa shape index (κ3) is 3.13. The lowest BCUT2D eigenvalue weighted by molar-refractivity contribution is -0.144. The van der Waals surface area contributed by atoms with E-state index in [9.17, 15) is 9.59 Å². The lowest BCUT2D eigenvalue weighted by Crippen LogP contribution is -2.39. The SMILES string of the molecule is Cn1cc(C=CC(=O)N2CCC(C(=O)O)CC2)c2ccccc21. The Kier molecular flexibility index (Phi) is 4.19. The number of amides is 1. The number of carboxylic acids is 1. The Bertz CT molecular complexity index is 768. The van der Waals surface area contributed by atoms with Gasteiger partial charge in [0.1, 0.15) is 0 Å². The molecule has 1 aromatic heterocycles. The number of piperidine rings is 1. The number of fused-ring (bicyclic) bond motifs is 1. The summed E-state index contributed by atoms with van der Waals surface area (Å²) in [5, 5.41) is 10.1. The van der Waals surface area contributed by atoms with E-state index < -0.39 is 5.97 Å². The number of hydrogen-bond acceptors (Lipinski definition) is 2. The first-order valence-corrected chi connectivity index (χ1v) is 7.80. The fourth-order valence-electron chi connectivity index (χ4n) is 3.12. The third-order valence-corrected chi connectivity index (χ3v) is 4.49. The van der Waals surface area contributed by atoms with Gasteiger partial charge in [0.15, 0.2) is 0 Å². The molecule has 5 nitrogen and oxygen atoms in total. The summed E-state index contributed by atoms with van der Waals surface area (Å²) >= 11 is 0. The maximum atomic E-state index is 12.3. The Balaban J connectivity index is 1.70. The first kappa shape index (κ1) is 15.3. The van der Waals surface area contributed by atoms with Gasteiger partial charge in [0.25, 0.3) is 0 Å². The average Bonchev–Trinajstić information content (AvgIpc) is 2.89. The second kappa shape index (κ2) is 6.28. The van der Waals surface area contributed by atoms with Crippen LogP contribution in [0.15, 0.2) is 36.5 Å². The average molecular weight is 312 g/mol. The summed E-state index contributed by atoms with van der Waals surface area (Å²) in [6.45, 7) is 1.02. The van der Waals surface area contributed by atoms with E-state index in [1.54, 1.807) is 11.0 Å². The first-order valence-electron chi connectivity index (χ1n) is 7.80. The number of aliphatic carboxylic acids is 1. The Morgan fingerprint density at radius 1 is 1.22 bits per heavy atom. The molecule has 2 aromatic rings. The van der Waals surface area contributed by atoms with Crippen LogP contribution < -0.4 is 0 Å². The maximum Gasteiger partial charge on any atom is 0.306 e. The minimum atomic E-state index is -0.761. The van der Waals surface area contributed by atoms with E-state index in [2.05, 4.69) is 0 Å². The number of aryl methyl sites for hydroxylation is 1. The molecule has 120 valence electrons. The van der Waals surface area contributed by atoms with Gasteiger partial charge in [-0.2, -0.15) is 0 Å². The number of carboxylic acid groups (broad SMARTS) is 1. The van der Waals surface area contributed by atoms with Crippen LogP contribution in [0.25, 0.3) is 17.0 Å². The zero-order chi connectivity index (χ0) is 16.4. The molecule has 0 bridgehead atoms. The fraction of sp³-hybridized carbons (Fsp3) is 0.333. The number of para-hydroxylation sites is 1. The molecule has 0 unspecified atom stereocenters. The van der Waals surface area contributed by atoms with E-state index in [0.717, 1.165) is 16.5 Å². The van der Waals surface area contributed by atoms with Gasteiger partial charge in [0.05, 0.1) is 5.92 Å². The molecule has 1 N–H and O–H groups in total. The van der Waals surface area contributed by atoms with Gasteiger partial charge in [-0.05, 0) is 25.0 Å². The predicted octanol–water partition coefficient (Wildman–Crippen LogP) is 2.51. The van der Waals surface area contributed by atoms with Crippen LogP contribution in [0, 0.1) is 5.92 Å². The first-order chi connectivity index (χ1) is 11.1. The molecule has 2 heterocycles. The molecule has 3 rings (SSSR count). The molecule has 23 heavy (non-hydrogen) atoms. The van der Waals surface area contributed by atoms with Crippen LogP contribution in [0.2, 0.25) is 0 Å². The number of nitrogens with zero attached hydrogens (tertiary/aromatic N) is 2. The Labute approximate surface area is 134 Å². The van der Waals surface area contributed by atoms with Crippen molar-refractivity contribution in [1.82, 2.24) is 9.47 Å². The molecule has 0 radical (unpaired) electrons. The number of likely N-dealkylation sites (tertiary alicyclic amines) is 1. The Hall–Kier alpha value is -2.56. The van der Waals surface area contributed by atoms with Gasteiger partial charge in [-0.1, -0.05) is 18.2 Å². The van der Waals surface area contributed by atoms with Gasteiger partial charge in [0, 0.05) is 48.9 Å². The molecule has 0 atom stereocenters. The molecule has 1 aliphatic heterocycles. The van der Waals surface area contributed by atoms with Crippen molar-refractivity contribution in [2.45, 2.75) is 12.8 Å². The van der Waals surface area contributed by atoms with Crippen molar-refractivity contribution in [1.29, 1.82) is 0 Å². The van der Waals surface area contributed by atoms with Crippen molar-refractivity contribution < 1.29 is 14.7 Å². The second-order valence-corrected chi connectivity index (χ2v) is 5.98. The molecule has 0 spiro atoms. The largest absolute Gasteiger partial charge is 0.481 e. The minimum Gasteiger partial charge on any atom is -0.481 e. The van der Waals surface area contributed by atoms with Gasteiger partial charge in [-0.25, -0.2) is 0 Å². The summed E-state index contributed by atoms with van der Waals surface area (Å²) in [6, 6.07) is 8.06. The summed E-state index contributed by atoms with van der Waals surface area (Å²) in [6.07, 6.45) is 6.49. The van der Waals surface area contributed by atoms with E-state index in [0.29, 0.717) is 25.9 Å². The van der Waals surface area contributed by atoms with E-state index in [4.69, 9.17) is 5.11 Å². The summed E-state index contributed by atoms with van der Waals surface area (Å²) in [7, 11) is 1.98. The summed E-state index contributed by atoms with van der Waals surface area (Å²) in [5.74, 6) is -1.13. The highest BCUT2D eigenvalue weighted by Gasteiger charge is 2.25. The van der Waals surface area contributed by atoms with Crippen LogP contribution >= 0.6 is 0 Å². The molecule has 5 heteroatoms. The van der Waals surface area contributed by atoms with Gasteiger partial charge < -0.3 is 14.6 Å². The Morgan fingerprint density at radius 2 is 1.91 bits per heavy atom. The lowest BCUT2D eigenvalue weighted by Gasteiger charge is -2.29. The van der Waals surface area contributed by atoms with E-state index in [1.807, 2.05) is 48.2 Å². The normalized spacial score (nSPS) is 16.3. The van der Waals surface area contributed by atoms with Crippen LogP contribution in [0.4, 0.5) is 0 Å². The van der Waals surface area contributed by atoms with Gasteiger partial charge in [-0.3, -0.25) is 9.59 Å². The molecule has 0 saturated carbocycles. The smallest absolute Gasteiger partial charge is 0.306 e. The fourth-order valence-corrected chi connectivity index (χ4v) is 3.12. The van der Waals surface area contributed by atoms with Gasteiger partial charge >= 0.3 is 5.97 Å². The highest BCUT2D eigenvalue weighted by Crippen LogP contribution is 2.22. The monoisotopic (exact) mass is 312 g/mol. The van der Waals surface area contributed by atoms with E-state index in [-0.39, 0.29) is 11.8 Å². The minimum absolute atomic E-state index is 0.0539. The number of aromatic nitrogens is 1. The van der Waals surface area contributed by atoms with Crippen molar-refractivity contribution in [3.63, 3.8) is 0 Å². The predicted molar refractivity (Wildman–Crippen MR) is 88.9 cm³/mol. The number of benzene rings is 1. The maximum absolute atomic E-state index is 12.3. The number of rotatable bonds is 3. The van der Waals surface area contributed by atoms with Gasteiger partial charge in [0.2, 0.25) is 5.91 Å². The van der Waals surface area contributed by atoms with Crippen LogP contribution in [0.3, 0.4) is 0 Å². The third-order valence-electron chi connectivity index (χ3n) is 4.49. The highest BCUT2D eigenvalue weighted by atomic mass is 16.4. The molecule has 1 amide bonds. The molecular formula is C18H20N2O3. The van der Waals surface area contributed by atoms with Crippen molar-refractivity contribution >= 4 is 28.9 Å². The molecule has 0 aliphatic carbocycles. The summed E-state index contributed by atoms with van der Waals surface area (Å²) < 4.78 is 2.04. The molecule has 1 saturated heterocycles. The van der Waals surface area contributed by atoms with Crippen LogP contribution in [-0.4, -0.2) is 39.5 Å². The van der Waals surface area contributed by atoms with Crippen LogP contribution in [0.5, 0.6) is 0 Å². The standard InChI is InChI=1S/C18H20N2O3/c1-19-12-14(15-4-2-3-5-16(15)19)6-7-17(21)20-10-8-13(9-11-20)18(22)23/h2-7,12-13H,8-11H2,1H3,(H,22,23). The number of carbonyl (C=O) groups is 2. The lowest BCUT2D eigenvalue weighted by atomic mass is 9.97. The molecular weight excluding hydrogens is 292 g/mol. The van der Waals surface area contributed by atoms with Gasteiger partial charge in [-0.15, -0.1) is 0 Å². The van der Waals surface area contributed by atoms with Crippen molar-refractivity contribution in [3.8, 4) is 0 Å². The van der Waals surface area contributed by atoms with Crippen LogP contribution in [0.1, 0.15) is 18.4 Å². The quantitative estimate of drug-likeness (QED) is 0.886. The van der Waals surface area contributed by atoms with Crippen molar-refractivity contribution in [3.05, 3.63) is 42.1 Å². The summed E-state index contributed by atoms with van der Waals surface area (Å²) in [4.78, 5) is 24.9. The van der Waals surface area contributed by atoms with Crippen molar-refractivity contribution in [2.24, 2.45) is 13.0 Å². The molecule has 1 aliphatic rings. The topological polar surface area (TPSA) is 62.5 Å². The number of hydrogen-bond donors (Lipinski definition) is 1. The molecule has 1 fully saturated rings. The molecule has 1 aromatic carbocycles. The Morgan fingerprint density at radius 3 is 2.61 bits per heavy atom. The van der Waals surface area contributed by atoms with E-state index >= 15 is 0 Å². The second-order valence-electron chi connectivity index (χ2n) is 5.98. The van der Waals surface area contributed by atoms with Crippen molar-refractivity contribution in [2.75, 3.05) is 13.1 Å². The summed E-state index contributed by atoms with van der Waals surface area (Å²) in [5.41, 5.74) is 2.14. The highest BCUT2D eigenvalue weighted by molar-refractivity contribution is 5.96.